The van der Waals surface area contributed by atoms with Crippen molar-refractivity contribution in [3.05, 3.63) is 21.6 Å². The quantitative estimate of drug-likeness (QED) is 0.879. The topological polar surface area (TPSA) is 46.9 Å². The van der Waals surface area contributed by atoms with Crippen LogP contribution in [0.4, 0.5) is 5.69 Å². The Morgan fingerprint density at radius 1 is 1.59 bits per heavy atom. The Bertz CT molecular complexity index is 465. The van der Waals surface area contributed by atoms with Crippen molar-refractivity contribution in [2.45, 2.75) is 32.6 Å². The molecule has 0 aliphatic heterocycles. The minimum atomic E-state index is -0.253. The van der Waals surface area contributed by atoms with Crippen LogP contribution < -0.4 is 10.9 Å². The number of anilines is 1. The summed E-state index contributed by atoms with van der Waals surface area (Å²) in [5, 5.41) is 7.46. The zero-order valence-electron chi connectivity index (χ0n) is 10.3. The van der Waals surface area contributed by atoms with E-state index in [4.69, 9.17) is 11.6 Å². The molecule has 1 aromatic rings. The molecule has 0 unspecified atom stereocenters. The van der Waals surface area contributed by atoms with Gasteiger partial charge >= 0.3 is 0 Å². The molecule has 4 nitrogen and oxygen atoms in total. The molecule has 5 heteroatoms. The van der Waals surface area contributed by atoms with Crippen LogP contribution in [0, 0.1) is 5.41 Å². The first-order chi connectivity index (χ1) is 8.08. The molecule has 94 valence electrons. The summed E-state index contributed by atoms with van der Waals surface area (Å²) in [5.41, 5.74) is 0.827. The largest absolute Gasteiger partial charge is 0.382 e. The molecule has 0 amide bonds. The maximum absolute atomic E-state index is 11.6. The van der Waals surface area contributed by atoms with E-state index in [2.05, 4.69) is 17.3 Å². The number of hydrogen-bond donors (Lipinski definition) is 1. The molecule has 0 bridgehead atoms. The number of nitrogens with zero attached hydrogens (tertiary/aromatic N) is 2. The predicted molar refractivity (Wildman–Crippen MR) is 69.6 cm³/mol. The van der Waals surface area contributed by atoms with Gasteiger partial charge in [-0.3, -0.25) is 4.79 Å². The zero-order valence-corrected chi connectivity index (χ0v) is 11.0. The Morgan fingerprint density at radius 2 is 2.29 bits per heavy atom. The van der Waals surface area contributed by atoms with E-state index >= 15 is 0 Å². The third kappa shape index (κ3) is 2.63. The fourth-order valence-electron chi connectivity index (χ4n) is 2.14. The van der Waals surface area contributed by atoms with Crippen molar-refractivity contribution in [2.75, 3.05) is 11.9 Å². The van der Waals surface area contributed by atoms with Gasteiger partial charge in [0.2, 0.25) is 0 Å². The molecule has 0 spiro atoms. The van der Waals surface area contributed by atoms with Crippen molar-refractivity contribution in [1.29, 1.82) is 0 Å². The monoisotopic (exact) mass is 255 g/mol. The summed E-state index contributed by atoms with van der Waals surface area (Å²) in [7, 11) is 1.59. The van der Waals surface area contributed by atoms with Gasteiger partial charge in [-0.1, -0.05) is 24.9 Å². The lowest BCUT2D eigenvalue weighted by molar-refractivity contribution is 0.485. The summed E-state index contributed by atoms with van der Waals surface area (Å²) < 4.78 is 1.24. The summed E-state index contributed by atoms with van der Waals surface area (Å²) in [6.07, 6.45) is 6.58. The van der Waals surface area contributed by atoms with Crippen LogP contribution in [0.5, 0.6) is 0 Å². The van der Waals surface area contributed by atoms with Crippen molar-refractivity contribution in [3.63, 3.8) is 0 Å². The first kappa shape index (κ1) is 12.4. The smallest absolute Gasteiger partial charge is 0.287 e. The molecule has 0 atom stereocenters. The summed E-state index contributed by atoms with van der Waals surface area (Å²) in [6.45, 7) is 3.09. The Morgan fingerprint density at radius 3 is 2.88 bits per heavy atom. The van der Waals surface area contributed by atoms with Crippen LogP contribution in [0.1, 0.15) is 32.6 Å². The lowest BCUT2D eigenvalue weighted by Gasteiger charge is -2.16. The average Bonchev–Trinajstić information content (AvgIpc) is 3.06. The SMILES string of the molecule is CCCC1(CNc2cnn(C)c(=O)c2Cl)CC1. The van der Waals surface area contributed by atoms with Gasteiger partial charge in [0.25, 0.3) is 5.56 Å². The second kappa shape index (κ2) is 4.69. The number of halogens is 1. The van der Waals surface area contributed by atoms with Crippen LogP contribution in [0.3, 0.4) is 0 Å². The van der Waals surface area contributed by atoms with Gasteiger partial charge in [0.1, 0.15) is 5.02 Å². The normalized spacial score (nSPS) is 16.9. The maximum atomic E-state index is 11.6. The highest BCUT2D eigenvalue weighted by Crippen LogP contribution is 2.49. The van der Waals surface area contributed by atoms with Crippen molar-refractivity contribution >= 4 is 17.3 Å². The molecule has 1 heterocycles. The van der Waals surface area contributed by atoms with Crippen molar-refractivity contribution in [3.8, 4) is 0 Å². The first-order valence-electron chi connectivity index (χ1n) is 6.04. The summed E-state index contributed by atoms with van der Waals surface area (Å²) >= 11 is 5.99. The Hall–Kier alpha value is -1.03. The minimum absolute atomic E-state index is 0.231. The van der Waals surface area contributed by atoms with Crippen LogP contribution in [0.2, 0.25) is 5.02 Å². The second-order valence-corrected chi connectivity index (χ2v) is 5.28. The van der Waals surface area contributed by atoms with Gasteiger partial charge in [-0.05, 0) is 24.7 Å². The summed E-state index contributed by atoms with van der Waals surface area (Å²) in [4.78, 5) is 11.6. The highest BCUT2D eigenvalue weighted by Gasteiger charge is 2.41. The molecule has 0 radical (unpaired) electrons. The van der Waals surface area contributed by atoms with E-state index < -0.39 is 0 Å². The zero-order chi connectivity index (χ0) is 12.5. The third-order valence-electron chi connectivity index (χ3n) is 3.47. The van der Waals surface area contributed by atoms with E-state index in [0.717, 1.165) is 6.54 Å². The van der Waals surface area contributed by atoms with E-state index in [-0.39, 0.29) is 10.6 Å². The molecule has 17 heavy (non-hydrogen) atoms. The molecule has 1 saturated carbocycles. The molecule has 1 aromatic heterocycles. The van der Waals surface area contributed by atoms with Crippen molar-refractivity contribution in [1.82, 2.24) is 9.78 Å². The van der Waals surface area contributed by atoms with Crippen molar-refractivity contribution < 1.29 is 0 Å². The lowest BCUT2D eigenvalue weighted by atomic mass is 10.0. The number of aryl methyl sites for hydroxylation is 1. The van der Waals surface area contributed by atoms with E-state index in [1.807, 2.05) is 0 Å². The van der Waals surface area contributed by atoms with E-state index in [1.165, 1.54) is 30.4 Å². The van der Waals surface area contributed by atoms with Gasteiger partial charge in [0.15, 0.2) is 0 Å². The number of hydrogen-bond acceptors (Lipinski definition) is 3. The molecule has 2 rings (SSSR count). The molecule has 1 fully saturated rings. The Labute approximate surface area is 106 Å². The Kier molecular flexibility index (Phi) is 3.43. The van der Waals surface area contributed by atoms with Crippen molar-refractivity contribution in [2.24, 2.45) is 12.5 Å². The minimum Gasteiger partial charge on any atom is -0.382 e. The third-order valence-corrected chi connectivity index (χ3v) is 3.83. The number of rotatable bonds is 5. The Balaban J connectivity index is 2.05. The highest BCUT2D eigenvalue weighted by molar-refractivity contribution is 6.32. The lowest BCUT2D eigenvalue weighted by Crippen LogP contribution is -2.23. The second-order valence-electron chi connectivity index (χ2n) is 4.90. The summed E-state index contributed by atoms with van der Waals surface area (Å²) in [5.74, 6) is 0. The molecule has 1 aliphatic rings. The molecular formula is C12H18ClN3O. The van der Waals surface area contributed by atoms with E-state index in [0.29, 0.717) is 11.1 Å². The van der Waals surface area contributed by atoms with Crippen LogP contribution in [-0.4, -0.2) is 16.3 Å². The fourth-order valence-corrected chi connectivity index (χ4v) is 2.38. The maximum Gasteiger partial charge on any atom is 0.287 e. The highest BCUT2D eigenvalue weighted by atomic mass is 35.5. The number of nitrogens with one attached hydrogen (secondary N) is 1. The van der Waals surface area contributed by atoms with Gasteiger partial charge in [-0.2, -0.15) is 5.10 Å². The summed E-state index contributed by atoms with van der Waals surface area (Å²) in [6, 6.07) is 0. The molecule has 1 aliphatic carbocycles. The van der Waals surface area contributed by atoms with Gasteiger partial charge in [0.05, 0.1) is 11.9 Å². The van der Waals surface area contributed by atoms with Gasteiger partial charge in [-0.15, -0.1) is 0 Å². The van der Waals surface area contributed by atoms with Gasteiger partial charge < -0.3 is 5.32 Å². The van der Waals surface area contributed by atoms with Crippen LogP contribution in [-0.2, 0) is 7.05 Å². The average molecular weight is 256 g/mol. The molecule has 0 aromatic carbocycles. The van der Waals surface area contributed by atoms with Gasteiger partial charge in [-0.25, -0.2) is 4.68 Å². The van der Waals surface area contributed by atoms with E-state index in [9.17, 15) is 4.79 Å². The molecular weight excluding hydrogens is 238 g/mol. The van der Waals surface area contributed by atoms with Crippen LogP contribution in [0.15, 0.2) is 11.0 Å². The molecule has 1 N–H and O–H groups in total. The predicted octanol–water partition coefficient (Wildman–Crippen LogP) is 2.43. The van der Waals surface area contributed by atoms with Gasteiger partial charge in [0, 0.05) is 13.6 Å². The standard InChI is InChI=1S/C12H18ClN3O/c1-3-4-12(5-6-12)8-14-9-7-15-16(2)11(17)10(9)13/h7,14H,3-6,8H2,1-2H3. The first-order valence-corrected chi connectivity index (χ1v) is 6.41. The number of aromatic nitrogens is 2. The van der Waals surface area contributed by atoms with E-state index in [1.54, 1.807) is 13.2 Å². The van der Waals surface area contributed by atoms with Crippen LogP contribution in [0.25, 0.3) is 0 Å². The van der Waals surface area contributed by atoms with Crippen LogP contribution >= 0.6 is 11.6 Å². The molecule has 0 saturated heterocycles. The fraction of sp³-hybridized carbons (Fsp3) is 0.667.